The second-order valence-corrected chi connectivity index (χ2v) is 11.5. The molecule has 0 bridgehead atoms. The van der Waals surface area contributed by atoms with E-state index in [0.29, 0.717) is 11.6 Å². The van der Waals surface area contributed by atoms with Crippen molar-refractivity contribution in [2.45, 2.75) is 108 Å². The second kappa shape index (κ2) is 14.5. The Morgan fingerprint density at radius 1 is 0.852 bits per heavy atom. The molecule has 1 rings (SSSR count). The molecule has 0 heterocycles. The van der Waals surface area contributed by atoms with Crippen LogP contribution in [0.25, 0.3) is 0 Å². The molecule has 0 aromatic heterocycles. The van der Waals surface area contributed by atoms with E-state index in [1.165, 1.54) is 57.4 Å². The van der Waals surface area contributed by atoms with Crippen molar-refractivity contribution < 1.29 is 13.0 Å². The molecule has 158 valence electrons. The lowest BCUT2D eigenvalue weighted by atomic mass is 10.0. The minimum Gasteiger partial charge on any atom is -0.282 e. The summed E-state index contributed by atoms with van der Waals surface area (Å²) < 4.78 is 31.8. The van der Waals surface area contributed by atoms with Gasteiger partial charge >= 0.3 is 0 Å². The molecule has 0 amide bonds. The minimum absolute atomic E-state index is 0.0610. The Hall–Kier alpha value is -0.440. The maximum absolute atomic E-state index is 11.3. The standard InChI is InChI=1S/C18H30O3S.C4H11P/c1-2-3-4-5-6-7-8-9-10-11-14-17-15-12-13-16-18(17)22(19,20)21;1-4(2,3)5/h12-13,15-16H,2-11,14H2,1H3,(H,19,20,21);5H2,1-3H3. The molecule has 0 aliphatic rings. The van der Waals surface area contributed by atoms with Gasteiger partial charge in [0.1, 0.15) is 0 Å². The van der Waals surface area contributed by atoms with Crippen LogP contribution in [0.2, 0.25) is 0 Å². The van der Waals surface area contributed by atoms with Gasteiger partial charge in [0.15, 0.2) is 0 Å². The molecule has 5 heteroatoms. The first-order valence-corrected chi connectivity index (χ1v) is 12.4. The maximum Gasteiger partial charge on any atom is 0.294 e. The number of hydrogen-bond donors (Lipinski definition) is 1. The average molecular weight is 417 g/mol. The molecule has 0 saturated heterocycles. The zero-order valence-electron chi connectivity index (χ0n) is 17.8. The van der Waals surface area contributed by atoms with E-state index < -0.39 is 10.1 Å². The number of unbranched alkanes of at least 4 members (excludes halogenated alkanes) is 9. The molecule has 1 atom stereocenters. The summed E-state index contributed by atoms with van der Waals surface area (Å²) in [4.78, 5) is 0.0610. The largest absolute Gasteiger partial charge is 0.294 e. The van der Waals surface area contributed by atoms with Crippen LogP contribution in [0.1, 0.15) is 97.5 Å². The molecule has 3 nitrogen and oxygen atoms in total. The van der Waals surface area contributed by atoms with E-state index in [2.05, 4.69) is 36.9 Å². The van der Waals surface area contributed by atoms with Crippen LogP contribution < -0.4 is 0 Å². The van der Waals surface area contributed by atoms with Crippen LogP contribution in [0.3, 0.4) is 0 Å². The molecular formula is C22H41O3PS. The lowest BCUT2D eigenvalue weighted by Crippen LogP contribution is -2.03. The van der Waals surface area contributed by atoms with E-state index in [9.17, 15) is 13.0 Å². The lowest BCUT2D eigenvalue weighted by molar-refractivity contribution is 0.481. The fourth-order valence-electron chi connectivity index (χ4n) is 2.76. The summed E-state index contributed by atoms with van der Waals surface area (Å²) >= 11 is 0. The first-order valence-electron chi connectivity index (χ1n) is 10.4. The minimum atomic E-state index is -4.10. The van der Waals surface area contributed by atoms with Crippen LogP contribution in [-0.2, 0) is 16.5 Å². The summed E-state index contributed by atoms with van der Waals surface area (Å²) in [5.74, 6) is 0. The predicted octanol–water partition coefficient (Wildman–Crippen LogP) is 7.06. The van der Waals surface area contributed by atoms with E-state index in [-0.39, 0.29) is 4.90 Å². The summed E-state index contributed by atoms with van der Waals surface area (Å²) in [5, 5.41) is 0.417. The zero-order chi connectivity index (χ0) is 20.8. The molecule has 0 aliphatic heterocycles. The first-order chi connectivity index (χ1) is 12.6. The summed E-state index contributed by atoms with van der Waals surface area (Å²) in [5.41, 5.74) is 0.726. The Labute approximate surface area is 170 Å². The smallest absolute Gasteiger partial charge is 0.282 e. The second-order valence-electron chi connectivity index (χ2n) is 8.38. The van der Waals surface area contributed by atoms with Crippen LogP contribution in [0.15, 0.2) is 29.2 Å². The number of rotatable bonds is 12. The molecule has 0 radical (unpaired) electrons. The predicted molar refractivity (Wildman–Crippen MR) is 121 cm³/mol. The summed E-state index contributed by atoms with van der Waals surface area (Å²) in [6, 6.07) is 6.73. The highest BCUT2D eigenvalue weighted by Gasteiger charge is 2.13. The van der Waals surface area contributed by atoms with E-state index in [1.54, 1.807) is 12.1 Å². The highest BCUT2D eigenvalue weighted by atomic mass is 32.2. The molecule has 0 spiro atoms. The highest BCUT2D eigenvalue weighted by molar-refractivity contribution is 7.85. The monoisotopic (exact) mass is 416 g/mol. The van der Waals surface area contributed by atoms with Crippen LogP contribution in [-0.4, -0.2) is 18.1 Å². The van der Waals surface area contributed by atoms with Crippen molar-refractivity contribution in [1.82, 2.24) is 0 Å². The van der Waals surface area contributed by atoms with Crippen molar-refractivity contribution in [1.29, 1.82) is 0 Å². The normalized spacial score (nSPS) is 11.8. The van der Waals surface area contributed by atoms with Gasteiger partial charge in [-0.3, -0.25) is 4.55 Å². The molecule has 0 saturated carbocycles. The third-order valence-corrected chi connectivity index (χ3v) is 5.00. The van der Waals surface area contributed by atoms with Gasteiger partial charge in [-0.05, 0) is 29.6 Å². The van der Waals surface area contributed by atoms with Crippen molar-refractivity contribution in [3.8, 4) is 0 Å². The summed E-state index contributed by atoms with van der Waals surface area (Å²) in [6.45, 7) is 8.69. The van der Waals surface area contributed by atoms with Gasteiger partial charge in [-0.1, -0.05) is 104 Å². The van der Waals surface area contributed by atoms with Crippen molar-refractivity contribution in [2.24, 2.45) is 0 Å². The van der Waals surface area contributed by atoms with Crippen LogP contribution in [0.5, 0.6) is 0 Å². The van der Waals surface area contributed by atoms with Gasteiger partial charge in [0.25, 0.3) is 10.1 Å². The van der Waals surface area contributed by atoms with Crippen molar-refractivity contribution in [3.05, 3.63) is 29.8 Å². The molecule has 1 unspecified atom stereocenters. The Kier molecular flexibility index (Phi) is 14.3. The Morgan fingerprint density at radius 2 is 1.26 bits per heavy atom. The van der Waals surface area contributed by atoms with Gasteiger partial charge in [0, 0.05) is 0 Å². The van der Waals surface area contributed by atoms with E-state index in [0.717, 1.165) is 18.4 Å². The van der Waals surface area contributed by atoms with Crippen LogP contribution in [0, 0.1) is 0 Å². The highest BCUT2D eigenvalue weighted by Crippen LogP contribution is 2.18. The lowest BCUT2D eigenvalue weighted by Gasteiger charge is -2.07. The summed E-state index contributed by atoms with van der Waals surface area (Å²) in [7, 11) is -1.38. The number of benzene rings is 1. The fourth-order valence-corrected chi connectivity index (χ4v) is 3.52. The summed E-state index contributed by atoms with van der Waals surface area (Å²) in [6.07, 6.45) is 13.3. The van der Waals surface area contributed by atoms with Gasteiger partial charge < -0.3 is 0 Å². The Morgan fingerprint density at radius 3 is 1.70 bits per heavy atom. The molecule has 27 heavy (non-hydrogen) atoms. The Balaban J connectivity index is 0.00000119. The molecule has 1 aromatic rings. The van der Waals surface area contributed by atoms with Gasteiger partial charge in [0.05, 0.1) is 4.90 Å². The third-order valence-electron chi connectivity index (χ3n) is 4.05. The molecule has 1 aromatic carbocycles. The van der Waals surface area contributed by atoms with Gasteiger partial charge in [0.2, 0.25) is 0 Å². The Bertz CT molecular complexity index is 586. The van der Waals surface area contributed by atoms with E-state index in [4.69, 9.17) is 0 Å². The maximum atomic E-state index is 11.3. The van der Waals surface area contributed by atoms with Crippen molar-refractivity contribution in [2.75, 3.05) is 0 Å². The first kappa shape index (κ1) is 26.6. The molecule has 1 N–H and O–H groups in total. The zero-order valence-corrected chi connectivity index (χ0v) is 19.8. The van der Waals surface area contributed by atoms with E-state index >= 15 is 0 Å². The molecule has 0 fully saturated rings. The number of hydrogen-bond acceptors (Lipinski definition) is 2. The fraction of sp³-hybridized carbons (Fsp3) is 0.727. The van der Waals surface area contributed by atoms with Crippen LogP contribution in [0.4, 0.5) is 0 Å². The molecule has 0 aliphatic carbocycles. The van der Waals surface area contributed by atoms with Crippen molar-refractivity contribution in [3.63, 3.8) is 0 Å². The van der Waals surface area contributed by atoms with Gasteiger partial charge in [-0.2, -0.15) is 8.42 Å². The van der Waals surface area contributed by atoms with Gasteiger partial charge in [-0.25, -0.2) is 0 Å². The van der Waals surface area contributed by atoms with Gasteiger partial charge in [-0.15, -0.1) is 9.24 Å². The molecular weight excluding hydrogens is 375 g/mol. The third kappa shape index (κ3) is 17.4. The number of aryl methyl sites for hydroxylation is 1. The van der Waals surface area contributed by atoms with Crippen molar-refractivity contribution >= 4 is 19.4 Å². The SMILES string of the molecule is CC(C)(C)P.CCCCCCCCCCCCc1ccccc1S(=O)(=O)O. The van der Waals surface area contributed by atoms with Crippen LogP contribution >= 0.6 is 9.24 Å². The quantitative estimate of drug-likeness (QED) is 0.225. The topological polar surface area (TPSA) is 54.4 Å². The van der Waals surface area contributed by atoms with E-state index in [1.807, 2.05) is 6.07 Å². The average Bonchev–Trinajstić information content (AvgIpc) is 2.54.